The van der Waals surface area contributed by atoms with Crippen molar-refractivity contribution in [3.8, 4) is 5.95 Å². The minimum atomic E-state index is -0.686. The van der Waals surface area contributed by atoms with Crippen molar-refractivity contribution in [3.63, 3.8) is 0 Å². The van der Waals surface area contributed by atoms with Crippen molar-refractivity contribution in [1.29, 1.82) is 0 Å². The van der Waals surface area contributed by atoms with Gasteiger partial charge in [0.05, 0.1) is 5.60 Å². The fourth-order valence-corrected chi connectivity index (χ4v) is 2.58. The second-order valence-corrected chi connectivity index (χ2v) is 5.43. The molecule has 1 aliphatic carbocycles. The molecule has 0 aromatic carbocycles. The molecule has 0 saturated heterocycles. The molecule has 1 saturated carbocycles. The lowest BCUT2D eigenvalue weighted by Crippen LogP contribution is -2.39. The van der Waals surface area contributed by atoms with Gasteiger partial charge in [-0.15, -0.1) is 0 Å². The summed E-state index contributed by atoms with van der Waals surface area (Å²) in [5.41, 5.74) is 5.02. The standard InChI is InChI=1S/C13H19N7O/c14-10-17-11(16-8-13(21)4-2-1-3-5-13)19-12(18-10)20-7-6-15-9-20/h6-7,9,21H,1-5,8H2,(H3,14,16,17,18,19). The van der Waals surface area contributed by atoms with Crippen molar-refractivity contribution in [3.05, 3.63) is 18.7 Å². The zero-order chi connectivity index (χ0) is 14.7. The third kappa shape index (κ3) is 3.27. The van der Waals surface area contributed by atoms with Crippen LogP contribution < -0.4 is 11.1 Å². The number of aromatic nitrogens is 5. The Morgan fingerprint density at radius 1 is 1.24 bits per heavy atom. The lowest BCUT2D eigenvalue weighted by molar-refractivity contribution is 0.0166. The van der Waals surface area contributed by atoms with Gasteiger partial charge in [0.25, 0.3) is 0 Å². The molecule has 1 aliphatic rings. The molecule has 8 nitrogen and oxygen atoms in total. The highest BCUT2D eigenvalue weighted by molar-refractivity contribution is 5.35. The smallest absolute Gasteiger partial charge is 0.241 e. The summed E-state index contributed by atoms with van der Waals surface area (Å²) in [4.78, 5) is 16.4. The number of aliphatic hydroxyl groups is 1. The number of nitrogens with zero attached hydrogens (tertiary/aromatic N) is 5. The second kappa shape index (κ2) is 5.65. The first kappa shape index (κ1) is 13.7. The maximum atomic E-state index is 10.5. The van der Waals surface area contributed by atoms with E-state index in [-0.39, 0.29) is 5.95 Å². The monoisotopic (exact) mass is 289 g/mol. The molecule has 4 N–H and O–H groups in total. The first-order valence-electron chi connectivity index (χ1n) is 7.11. The van der Waals surface area contributed by atoms with Gasteiger partial charge in [-0.05, 0) is 12.8 Å². The molecule has 0 aliphatic heterocycles. The largest absolute Gasteiger partial charge is 0.388 e. The highest BCUT2D eigenvalue weighted by atomic mass is 16.3. The van der Waals surface area contributed by atoms with Crippen LogP contribution in [0.2, 0.25) is 0 Å². The third-order valence-corrected chi connectivity index (χ3v) is 3.74. The summed E-state index contributed by atoms with van der Waals surface area (Å²) in [5, 5.41) is 13.5. The highest BCUT2D eigenvalue weighted by Crippen LogP contribution is 2.28. The van der Waals surface area contributed by atoms with Crippen molar-refractivity contribution >= 4 is 11.9 Å². The van der Waals surface area contributed by atoms with Gasteiger partial charge in [0.2, 0.25) is 17.8 Å². The van der Waals surface area contributed by atoms with Crippen LogP contribution >= 0.6 is 0 Å². The van der Waals surface area contributed by atoms with Crippen LogP contribution in [0.15, 0.2) is 18.7 Å². The zero-order valence-electron chi connectivity index (χ0n) is 11.7. The van der Waals surface area contributed by atoms with E-state index >= 15 is 0 Å². The van der Waals surface area contributed by atoms with E-state index in [9.17, 15) is 5.11 Å². The fraction of sp³-hybridized carbons (Fsp3) is 0.538. The molecule has 2 aromatic heterocycles. The first-order valence-corrected chi connectivity index (χ1v) is 7.11. The number of imidazole rings is 1. The Bertz CT molecular complexity index is 593. The van der Waals surface area contributed by atoms with Gasteiger partial charge in [-0.2, -0.15) is 15.0 Å². The van der Waals surface area contributed by atoms with E-state index in [0.717, 1.165) is 25.7 Å². The van der Waals surface area contributed by atoms with Crippen molar-refractivity contribution in [1.82, 2.24) is 24.5 Å². The molecule has 2 heterocycles. The van der Waals surface area contributed by atoms with Crippen LogP contribution in [0.3, 0.4) is 0 Å². The van der Waals surface area contributed by atoms with Crippen LogP contribution in [0.4, 0.5) is 11.9 Å². The Morgan fingerprint density at radius 3 is 2.76 bits per heavy atom. The van der Waals surface area contributed by atoms with Crippen LogP contribution in [0, 0.1) is 0 Å². The number of nitrogens with two attached hydrogens (primary N) is 1. The molecular weight excluding hydrogens is 270 g/mol. The quantitative estimate of drug-likeness (QED) is 0.760. The number of nitrogens with one attached hydrogen (secondary N) is 1. The molecule has 0 atom stereocenters. The SMILES string of the molecule is Nc1nc(NCC2(O)CCCCC2)nc(-n2ccnc2)n1. The molecule has 112 valence electrons. The normalized spacial score (nSPS) is 17.6. The topological polar surface area (TPSA) is 115 Å². The first-order chi connectivity index (χ1) is 10.1. The van der Waals surface area contributed by atoms with Crippen LogP contribution in [0.1, 0.15) is 32.1 Å². The van der Waals surface area contributed by atoms with E-state index in [1.165, 1.54) is 6.42 Å². The maximum Gasteiger partial charge on any atom is 0.241 e. The van der Waals surface area contributed by atoms with E-state index in [0.29, 0.717) is 18.4 Å². The zero-order valence-corrected chi connectivity index (χ0v) is 11.7. The van der Waals surface area contributed by atoms with Crippen molar-refractivity contribution in [2.24, 2.45) is 0 Å². The van der Waals surface area contributed by atoms with Crippen LogP contribution in [-0.2, 0) is 0 Å². The molecule has 1 fully saturated rings. The lowest BCUT2D eigenvalue weighted by atomic mass is 9.85. The van der Waals surface area contributed by atoms with Gasteiger partial charge in [0, 0.05) is 18.9 Å². The van der Waals surface area contributed by atoms with Gasteiger partial charge in [-0.1, -0.05) is 19.3 Å². The number of hydrogen-bond donors (Lipinski definition) is 3. The third-order valence-electron chi connectivity index (χ3n) is 3.74. The van der Waals surface area contributed by atoms with Gasteiger partial charge in [-0.25, -0.2) is 4.98 Å². The summed E-state index contributed by atoms with van der Waals surface area (Å²) in [6.07, 6.45) is 9.85. The minimum Gasteiger partial charge on any atom is -0.388 e. The van der Waals surface area contributed by atoms with Crippen molar-refractivity contribution in [2.45, 2.75) is 37.7 Å². The molecule has 0 unspecified atom stereocenters. The Labute approximate surface area is 122 Å². The van der Waals surface area contributed by atoms with Crippen molar-refractivity contribution < 1.29 is 5.11 Å². The van der Waals surface area contributed by atoms with E-state index in [1.54, 1.807) is 23.3 Å². The molecule has 0 amide bonds. The fourth-order valence-electron chi connectivity index (χ4n) is 2.58. The van der Waals surface area contributed by atoms with Gasteiger partial charge < -0.3 is 16.2 Å². The summed E-state index contributed by atoms with van der Waals surface area (Å²) < 4.78 is 1.65. The van der Waals surface area contributed by atoms with Gasteiger partial charge in [0.1, 0.15) is 6.33 Å². The van der Waals surface area contributed by atoms with E-state index in [4.69, 9.17) is 5.73 Å². The molecule has 2 aromatic rings. The summed E-state index contributed by atoms with van der Waals surface area (Å²) in [7, 11) is 0. The minimum absolute atomic E-state index is 0.131. The van der Waals surface area contributed by atoms with Gasteiger partial charge >= 0.3 is 0 Å². The number of nitrogen functional groups attached to an aromatic ring is 1. The van der Waals surface area contributed by atoms with Crippen molar-refractivity contribution in [2.75, 3.05) is 17.6 Å². The van der Waals surface area contributed by atoms with Gasteiger partial charge in [0.15, 0.2) is 0 Å². The molecule has 8 heteroatoms. The molecule has 3 rings (SSSR count). The van der Waals surface area contributed by atoms with Gasteiger partial charge in [-0.3, -0.25) is 4.57 Å². The predicted octanol–water partition coefficient (Wildman–Crippen LogP) is 0.747. The molecule has 0 spiro atoms. The lowest BCUT2D eigenvalue weighted by Gasteiger charge is -2.32. The van der Waals surface area contributed by atoms with E-state index in [2.05, 4.69) is 25.3 Å². The summed E-state index contributed by atoms with van der Waals surface area (Å²) >= 11 is 0. The predicted molar refractivity (Wildman–Crippen MR) is 77.9 cm³/mol. The summed E-state index contributed by atoms with van der Waals surface area (Å²) in [6.45, 7) is 0.416. The molecular formula is C13H19N7O. The van der Waals surface area contributed by atoms with Crippen LogP contribution in [0.5, 0.6) is 0 Å². The second-order valence-electron chi connectivity index (χ2n) is 5.43. The Hall–Kier alpha value is -2.22. The van der Waals surface area contributed by atoms with E-state index in [1.807, 2.05) is 0 Å². The summed E-state index contributed by atoms with van der Waals surface area (Å²) in [6, 6.07) is 0. The number of rotatable bonds is 4. The molecule has 0 radical (unpaired) electrons. The molecule has 0 bridgehead atoms. The van der Waals surface area contributed by atoms with Crippen LogP contribution in [-0.4, -0.2) is 41.8 Å². The number of anilines is 2. The Morgan fingerprint density at radius 2 is 2.05 bits per heavy atom. The Kier molecular flexibility index (Phi) is 3.70. The van der Waals surface area contributed by atoms with E-state index < -0.39 is 5.60 Å². The average Bonchev–Trinajstić information content (AvgIpc) is 3.00. The highest BCUT2D eigenvalue weighted by Gasteiger charge is 2.29. The molecule has 21 heavy (non-hydrogen) atoms. The average molecular weight is 289 g/mol. The Balaban J connectivity index is 1.73. The number of hydrogen-bond acceptors (Lipinski definition) is 7. The maximum absolute atomic E-state index is 10.5. The summed E-state index contributed by atoms with van der Waals surface area (Å²) in [5.74, 6) is 0.898. The van der Waals surface area contributed by atoms with Crippen LogP contribution in [0.25, 0.3) is 5.95 Å².